The van der Waals surface area contributed by atoms with Crippen LogP contribution in [0, 0.1) is 0 Å². The van der Waals surface area contributed by atoms with Crippen LogP contribution in [0.2, 0.25) is 0 Å². The molecule has 0 amide bonds. The second-order valence-electron chi connectivity index (χ2n) is 1.57. The van der Waals surface area contributed by atoms with Gasteiger partial charge in [-0.05, 0) is 0 Å². The van der Waals surface area contributed by atoms with E-state index in [1.54, 1.807) is 18.5 Å². The third-order valence-corrected chi connectivity index (χ3v) is 1.94. The summed E-state index contributed by atoms with van der Waals surface area (Å²) in [6.45, 7) is 0. The molecule has 3 heteroatoms. The van der Waals surface area contributed by atoms with Crippen LogP contribution >= 0.6 is 11.3 Å². The van der Waals surface area contributed by atoms with Gasteiger partial charge in [-0.1, -0.05) is 0 Å². The van der Waals surface area contributed by atoms with Crippen LogP contribution in [0.4, 0.5) is 0 Å². The van der Waals surface area contributed by atoms with Crippen molar-refractivity contribution >= 4 is 28.7 Å². The average Bonchev–Trinajstić information content (AvgIpc) is 2.15. The van der Waals surface area contributed by atoms with Crippen molar-refractivity contribution in [2.75, 3.05) is 0 Å². The van der Waals surface area contributed by atoms with E-state index in [1.807, 2.05) is 17.4 Å². The van der Waals surface area contributed by atoms with E-state index in [2.05, 4.69) is 0 Å². The first kappa shape index (κ1) is 4.33. The van der Waals surface area contributed by atoms with E-state index in [0.29, 0.717) is 0 Å². The molecule has 8 heavy (non-hydrogen) atoms. The van der Waals surface area contributed by atoms with Crippen LogP contribution < -0.4 is 0 Å². The third kappa shape index (κ3) is 0.449. The van der Waals surface area contributed by atoms with Crippen molar-refractivity contribution in [2.24, 2.45) is 0 Å². The fraction of sp³-hybridized carbons (Fsp3) is 0. The van der Waals surface area contributed by atoms with Gasteiger partial charge in [0.2, 0.25) is 0 Å². The quantitative estimate of drug-likeness (QED) is 0.519. The molecule has 38 valence electrons. The molecule has 0 radical (unpaired) electrons. The van der Waals surface area contributed by atoms with Gasteiger partial charge >= 0.3 is 50.5 Å². The van der Waals surface area contributed by atoms with E-state index < -0.39 is 0 Å². The summed E-state index contributed by atoms with van der Waals surface area (Å²) >= 11 is 1.70. The first-order valence-corrected chi connectivity index (χ1v) is 3.25. The average molecular weight is 122 g/mol. The molecule has 2 aromatic heterocycles. The van der Waals surface area contributed by atoms with Gasteiger partial charge in [0.25, 0.3) is 0 Å². The normalized spacial score (nSPS) is 10.0. The molecular weight excluding hydrogens is 119 g/mol. The van der Waals surface area contributed by atoms with E-state index in [4.69, 9.17) is 4.33 Å². The van der Waals surface area contributed by atoms with Crippen LogP contribution in [0.25, 0.3) is 10.3 Å². The van der Waals surface area contributed by atoms with E-state index in [-0.39, 0.29) is 0 Å². The number of fused-ring (bicyclic) bond motifs is 1. The molecule has 0 saturated carbocycles. The molecule has 0 aliphatic rings. The fourth-order valence-electron chi connectivity index (χ4n) is 0.697. The molecule has 0 atom stereocenters. The maximum absolute atomic E-state index is 5.07. The second kappa shape index (κ2) is 1.45. The minimum absolute atomic E-state index is 0.995. The van der Waals surface area contributed by atoms with E-state index in [9.17, 15) is 0 Å². The Kier molecular flexibility index (Phi) is 0.786. The topological polar surface area (TPSA) is 13.1 Å². The molecule has 2 aromatic rings. The van der Waals surface area contributed by atoms with Gasteiger partial charge in [-0.25, -0.2) is 0 Å². The third-order valence-electron chi connectivity index (χ3n) is 1.07. The monoisotopic (exact) mass is 122 g/mol. The van der Waals surface area contributed by atoms with Crippen LogP contribution in [0.5, 0.6) is 0 Å². The first-order chi connectivity index (χ1) is 3.97. The number of rotatable bonds is 0. The molecule has 0 unspecified atom stereocenters. The van der Waals surface area contributed by atoms with Crippen molar-refractivity contribution in [1.29, 1.82) is 0 Å². The van der Waals surface area contributed by atoms with E-state index in [0.717, 1.165) is 5.58 Å². The Morgan fingerprint density at radius 2 is 2.62 bits per heavy atom. The summed E-state index contributed by atoms with van der Waals surface area (Å²) in [5, 5.41) is 2.02. The molecule has 0 spiro atoms. The Morgan fingerprint density at radius 1 is 1.62 bits per heavy atom. The zero-order valence-corrected chi connectivity index (χ0v) is 4.94. The van der Waals surface area contributed by atoms with Gasteiger partial charge < -0.3 is 0 Å². The summed E-state index contributed by atoms with van der Waals surface area (Å²) in [6.07, 6.45) is 0. The Balaban J connectivity index is 3.06. The predicted octanol–water partition coefficient (Wildman–Crippen LogP) is 1.83. The summed E-state index contributed by atoms with van der Waals surface area (Å²) in [5.41, 5.74) is 0.995. The summed E-state index contributed by atoms with van der Waals surface area (Å²) in [6, 6.07) is 1.97. The Hall–Kier alpha value is -0.565. The minimum atomic E-state index is 0.995. The van der Waals surface area contributed by atoms with Gasteiger partial charge in [0, 0.05) is 0 Å². The standard InChI is InChI=1S/C5H3BOS/c1-2-8-5-3-6-7-4(1)5/h1-3H. The van der Waals surface area contributed by atoms with Crippen LogP contribution in [0.1, 0.15) is 0 Å². The fourth-order valence-corrected chi connectivity index (χ4v) is 1.40. The number of hydrogen-bond acceptors (Lipinski definition) is 2. The molecule has 0 aliphatic heterocycles. The SMILES string of the molecule is b1cc2sccc2o1. The van der Waals surface area contributed by atoms with Crippen molar-refractivity contribution in [2.45, 2.75) is 0 Å². The summed E-state index contributed by atoms with van der Waals surface area (Å²) < 4.78 is 6.30. The molecule has 0 N–H and O–H groups in total. The van der Waals surface area contributed by atoms with Crippen molar-refractivity contribution in [3.05, 3.63) is 17.4 Å². The molecule has 2 rings (SSSR count). The Labute approximate surface area is 51.2 Å². The van der Waals surface area contributed by atoms with Crippen LogP contribution in [-0.4, -0.2) is 7.13 Å². The summed E-state index contributed by atoms with van der Waals surface area (Å²) in [4.78, 5) is 0. The number of hydrogen-bond donors (Lipinski definition) is 0. The van der Waals surface area contributed by atoms with Crippen LogP contribution in [0.3, 0.4) is 0 Å². The first-order valence-electron chi connectivity index (χ1n) is 2.37. The van der Waals surface area contributed by atoms with Crippen LogP contribution in [-0.2, 0) is 0 Å². The molecular formula is C5H3BOS. The van der Waals surface area contributed by atoms with E-state index >= 15 is 0 Å². The van der Waals surface area contributed by atoms with Crippen molar-refractivity contribution < 1.29 is 4.33 Å². The molecule has 2 heterocycles. The molecule has 0 bridgehead atoms. The predicted molar refractivity (Wildman–Crippen MR) is 35.4 cm³/mol. The van der Waals surface area contributed by atoms with Gasteiger partial charge in [0.1, 0.15) is 0 Å². The van der Waals surface area contributed by atoms with E-state index in [1.165, 1.54) is 4.70 Å². The van der Waals surface area contributed by atoms with Gasteiger partial charge in [-0.2, -0.15) is 0 Å². The maximum atomic E-state index is 5.07. The zero-order chi connectivity index (χ0) is 5.40. The van der Waals surface area contributed by atoms with Crippen molar-refractivity contribution in [3.63, 3.8) is 0 Å². The molecule has 1 nitrogen and oxygen atoms in total. The summed E-state index contributed by atoms with van der Waals surface area (Å²) in [7, 11) is 1.71. The van der Waals surface area contributed by atoms with Crippen LogP contribution in [0.15, 0.2) is 21.7 Å². The second-order valence-corrected chi connectivity index (χ2v) is 2.52. The molecule has 0 saturated heterocycles. The van der Waals surface area contributed by atoms with Gasteiger partial charge in [-0.15, -0.1) is 0 Å². The van der Waals surface area contributed by atoms with Gasteiger partial charge in [-0.3, -0.25) is 0 Å². The van der Waals surface area contributed by atoms with Gasteiger partial charge in [0.15, 0.2) is 0 Å². The molecule has 0 aliphatic carbocycles. The van der Waals surface area contributed by atoms with Crippen molar-refractivity contribution in [3.8, 4) is 0 Å². The molecule has 0 fully saturated rings. The molecule has 0 aromatic carbocycles. The Morgan fingerprint density at radius 3 is 3.50 bits per heavy atom. The zero-order valence-electron chi connectivity index (χ0n) is 4.13. The number of thiophene rings is 1. The van der Waals surface area contributed by atoms with Crippen molar-refractivity contribution in [1.82, 2.24) is 0 Å². The summed E-state index contributed by atoms with van der Waals surface area (Å²) in [5.74, 6) is 1.97. The Bertz CT molecular complexity index is 234. The van der Waals surface area contributed by atoms with Gasteiger partial charge in [0.05, 0.1) is 0 Å².